The second-order valence-corrected chi connectivity index (χ2v) is 5.63. The Bertz CT molecular complexity index is 554. The normalized spacial score (nSPS) is 25.9. The summed E-state index contributed by atoms with van der Waals surface area (Å²) < 4.78 is 6.89. The Hall–Kier alpha value is -2.00. The van der Waals surface area contributed by atoms with Crippen LogP contribution in [0.5, 0.6) is 0 Å². The van der Waals surface area contributed by atoms with Gasteiger partial charge in [-0.05, 0) is 6.42 Å². The molecular formula is C13H20N6O3. The van der Waals surface area contributed by atoms with E-state index in [9.17, 15) is 9.59 Å². The highest BCUT2D eigenvalue weighted by molar-refractivity contribution is 5.90. The van der Waals surface area contributed by atoms with Gasteiger partial charge < -0.3 is 20.7 Å². The van der Waals surface area contributed by atoms with Crippen molar-refractivity contribution in [1.82, 2.24) is 25.2 Å². The van der Waals surface area contributed by atoms with Crippen molar-refractivity contribution in [1.29, 1.82) is 0 Å². The maximum atomic E-state index is 12.6. The first-order valence-electron chi connectivity index (χ1n) is 7.44. The molecule has 0 bridgehead atoms. The number of amides is 2. The summed E-state index contributed by atoms with van der Waals surface area (Å²) >= 11 is 0. The average molecular weight is 308 g/mol. The lowest BCUT2D eigenvalue weighted by molar-refractivity contribution is -0.140. The fourth-order valence-electron chi connectivity index (χ4n) is 2.92. The first-order valence-corrected chi connectivity index (χ1v) is 7.44. The Labute approximate surface area is 127 Å². The highest BCUT2D eigenvalue weighted by Gasteiger charge is 2.32. The van der Waals surface area contributed by atoms with E-state index in [1.807, 2.05) is 4.90 Å². The van der Waals surface area contributed by atoms with Crippen molar-refractivity contribution in [2.75, 3.05) is 39.4 Å². The summed E-state index contributed by atoms with van der Waals surface area (Å²) in [5.41, 5.74) is 5.33. The largest absolute Gasteiger partial charge is 0.378 e. The number of aromatic nitrogens is 3. The fraction of sp³-hybridized carbons (Fsp3) is 0.692. The molecule has 2 saturated heterocycles. The lowest BCUT2D eigenvalue weighted by Crippen LogP contribution is -2.49. The minimum Gasteiger partial charge on any atom is -0.378 e. The molecule has 2 atom stereocenters. The number of hydrogen-bond donors (Lipinski definition) is 2. The lowest BCUT2D eigenvalue weighted by Gasteiger charge is -2.34. The molecule has 2 aliphatic rings. The number of morpholine rings is 1. The Balaban J connectivity index is 1.65. The predicted octanol–water partition coefficient (Wildman–Crippen LogP) is -1.61. The third-order valence-electron chi connectivity index (χ3n) is 4.14. The van der Waals surface area contributed by atoms with Gasteiger partial charge in [-0.3, -0.25) is 9.59 Å². The molecule has 1 aromatic heterocycles. The van der Waals surface area contributed by atoms with Gasteiger partial charge in [0.05, 0.1) is 31.4 Å². The minimum atomic E-state index is -0.601. The van der Waals surface area contributed by atoms with Gasteiger partial charge in [-0.1, -0.05) is 5.21 Å². The van der Waals surface area contributed by atoms with Crippen molar-refractivity contribution < 1.29 is 14.3 Å². The smallest absolute Gasteiger partial charge is 0.270 e. The Morgan fingerprint density at radius 2 is 2.09 bits per heavy atom. The van der Waals surface area contributed by atoms with E-state index in [1.165, 1.54) is 6.20 Å². The third-order valence-corrected chi connectivity index (χ3v) is 4.14. The van der Waals surface area contributed by atoms with E-state index in [0.717, 1.165) is 0 Å². The SMILES string of the molecule is NC(=O)c1cn([C@@H]2CNC[C@H](C(=O)N3CCOCC3)C2)nn1. The molecule has 0 unspecified atom stereocenters. The number of rotatable bonds is 3. The second kappa shape index (κ2) is 6.41. The van der Waals surface area contributed by atoms with E-state index < -0.39 is 5.91 Å². The van der Waals surface area contributed by atoms with E-state index in [0.29, 0.717) is 45.8 Å². The molecule has 22 heavy (non-hydrogen) atoms. The Morgan fingerprint density at radius 1 is 1.32 bits per heavy atom. The molecule has 120 valence electrons. The predicted molar refractivity (Wildman–Crippen MR) is 76.0 cm³/mol. The summed E-state index contributed by atoms with van der Waals surface area (Å²) in [6, 6.07) is -0.00987. The van der Waals surface area contributed by atoms with Gasteiger partial charge in [-0.2, -0.15) is 0 Å². The second-order valence-electron chi connectivity index (χ2n) is 5.63. The summed E-state index contributed by atoms with van der Waals surface area (Å²) in [5.74, 6) is -0.551. The number of nitrogens with two attached hydrogens (primary N) is 1. The molecule has 2 aliphatic heterocycles. The first-order chi connectivity index (χ1) is 10.6. The van der Waals surface area contributed by atoms with Crippen LogP contribution < -0.4 is 11.1 Å². The van der Waals surface area contributed by atoms with E-state index >= 15 is 0 Å². The molecule has 2 amide bonds. The Kier molecular flexibility index (Phi) is 4.34. The number of carbonyl (C=O) groups is 2. The number of primary amides is 1. The molecule has 0 aliphatic carbocycles. The topological polar surface area (TPSA) is 115 Å². The summed E-state index contributed by atoms with van der Waals surface area (Å²) in [4.78, 5) is 25.5. The molecule has 0 radical (unpaired) electrons. The molecule has 3 N–H and O–H groups in total. The van der Waals surface area contributed by atoms with Crippen molar-refractivity contribution in [3.8, 4) is 0 Å². The molecule has 3 rings (SSSR count). The van der Waals surface area contributed by atoms with Gasteiger partial charge >= 0.3 is 0 Å². The van der Waals surface area contributed by atoms with Gasteiger partial charge in [-0.15, -0.1) is 5.10 Å². The van der Waals surface area contributed by atoms with Crippen molar-refractivity contribution >= 4 is 11.8 Å². The number of ether oxygens (including phenoxy) is 1. The summed E-state index contributed by atoms with van der Waals surface area (Å²) in [6.45, 7) is 3.84. The lowest BCUT2D eigenvalue weighted by atomic mass is 9.94. The van der Waals surface area contributed by atoms with Crippen LogP contribution in [-0.2, 0) is 9.53 Å². The van der Waals surface area contributed by atoms with Crippen molar-refractivity contribution in [2.45, 2.75) is 12.5 Å². The van der Waals surface area contributed by atoms with E-state index in [2.05, 4.69) is 15.6 Å². The van der Waals surface area contributed by atoms with Gasteiger partial charge in [0, 0.05) is 26.2 Å². The van der Waals surface area contributed by atoms with Gasteiger partial charge in [0.2, 0.25) is 5.91 Å². The van der Waals surface area contributed by atoms with E-state index in [1.54, 1.807) is 4.68 Å². The number of nitrogens with zero attached hydrogens (tertiary/aromatic N) is 4. The summed E-state index contributed by atoms with van der Waals surface area (Å²) in [5, 5.41) is 11.0. The van der Waals surface area contributed by atoms with Crippen LogP contribution in [0, 0.1) is 5.92 Å². The first kappa shape index (κ1) is 14.9. The zero-order valence-electron chi connectivity index (χ0n) is 12.3. The number of carbonyl (C=O) groups excluding carboxylic acids is 2. The molecule has 0 saturated carbocycles. The van der Waals surface area contributed by atoms with Crippen LogP contribution in [0.1, 0.15) is 23.0 Å². The molecule has 0 aromatic carbocycles. The van der Waals surface area contributed by atoms with Crippen LogP contribution >= 0.6 is 0 Å². The molecule has 3 heterocycles. The number of nitrogens with one attached hydrogen (secondary N) is 1. The highest BCUT2D eigenvalue weighted by atomic mass is 16.5. The van der Waals surface area contributed by atoms with Crippen molar-refractivity contribution in [3.05, 3.63) is 11.9 Å². The number of piperidine rings is 1. The molecule has 1 aromatic rings. The maximum Gasteiger partial charge on any atom is 0.270 e. The quantitative estimate of drug-likeness (QED) is 0.694. The fourth-order valence-corrected chi connectivity index (χ4v) is 2.92. The van der Waals surface area contributed by atoms with Gasteiger partial charge in [-0.25, -0.2) is 4.68 Å². The molecule has 2 fully saturated rings. The van der Waals surface area contributed by atoms with Gasteiger partial charge in [0.1, 0.15) is 0 Å². The molecular weight excluding hydrogens is 288 g/mol. The maximum absolute atomic E-state index is 12.6. The standard InChI is InChI=1S/C13H20N6O3/c14-12(20)11-8-19(17-16-11)10-5-9(6-15-7-10)13(21)18-1-3-22-4-2-18/h8-10,15H,1-7H2,(H2,14,20)/t9-,10+/m1/s1. The van der Waals surface area contributed by atoms with Crippen LogP contribution in [0.2, 0.25) is 0 Å². The van der Waals surface area contributed by atoms with Crippen LogP contribution in [0.15, 0.2) is 6.20 Å². The van der Waals surface area contributed by atoms with Crippen molar-refractivity contribution in [3.63, 3.8) is 0 Å². The van der Waals surface area contributed by atoms with Crippen LogP contribution in [0.4, 0.5) is 0 Å². The number of hydrogen-bond acceptors (Lipinski definition) is 6. The monoisotopic (exact) mass is 308 g/mol. The van der Waals surface area contributed by atoms with Crippen LogP contribution in [-0.4, -0.2) is 71.1 Å². The van der Waals surface area contributed by atoms with Gasteiger partial charge in [0.25, 0.3) is 5.91 Å². The van der Waals surface area contributed by atoms with Gasteiger partial charge in [0.15, 0.2) is 5.69 Å². The van der Waals surface area contributed by atoms with E-state index in [4.69, 9.17) is 10.5 Å². The highest BCUT2D eigenvalue weighted by Crippen LogP contribution is 2.22. The zero-order valence-corrected chi connectivity index (χ0v) is 12.3. The molecule has 9 nitrogen and oxygen atoms in total. The van der Waals surface area contributed by atoms with Crippen LogP contribution in [0.3, 0.4) is 0 Å². The van der Waals surface area contributed by atoms with Crippen LogP contribution in [0.25, 0.3) is 0 Å². The zero-order chi connectivity index (χ0) is 15.5. The molecule has 0 spiro atoms. The summed E-state index contributed by atoms with van der Waals surface area (Å²) in [7, 11) is 0. The summed E-state index contributed by atoms with van der Waals surface area (Å²) in [6.07, 6.45) is 2.21. The molecule has 9 heteroatoms. The average Bonchev–Trinajstić information content (AvgIpc) is 3.05. The van der Waals surface area contributed by atoms with Crippen molar-refractivity contribution in [2.24, 2.45) is 11.7 Å². The Morgan fingerprint density at radius 3 is 2.77 bits per heavy atom. The minimum absolute atomic E-state index is 0.00987. The third kappa shape index (κ3) is 3.09. The van der Waals surface area contributed by atoms with E-state index in [-0.39, 0.29) is 23.6 Å².